The second-order valence-electron chi connectivity index (χ2n) is 6.04. The molecule has 22 heavy (non-hydrogen) atoms. The van der Waals surface area contributed by atoms with E-state index < -0.39 is 0 Å². The summed E-state index contributed by atoms with van der Waals surface area (Å²) < 4.78 is 0. The lowest BCUT2D eigenvalue weighted by atomic mass is 10.0. The lowest BCUT2D eigenvalue weighted by Crippen LogP contribution is -2.38. The fourth-order valence-corrected chi connectivity index (χ4v) is 2.47. The molecule has 1 fully saturated rings. The Morgan fingerprint density at radius 2 is 2.00 bits per heavy atom. The molecule has 1 saturated carbocycles. The van der Waals surface area contributed by atoms with Crippen molar-refractivity contribution in [2.75, 3.05) is 6.54 Å². The minimum absolute atomic E-state index is 0.0668. The minimum Gasteiger partial charge on any atom is -0.350 e. The Morgan fingerprint density at radius 1 is 1.27 bits per heavy atom. The summed E-state index contributed by atoms with van der Waals surface area (Å²) in [4.78, 5) is 16.4. The van der Waals surface area contributed by atoms with Gasteiger partial charge >= 0.3 is 0 Å². The second-order valence-corrected chi connectivity index (χ2v) is 6.04. The van der Waals surface area contributed by atoms with Crippen LogP contribution in [-0.4, -0.2) is 23.5 Å². The molecular formula is C18H21N3O. The maximum absolute atomic E-state index is 12.2. The highest BCUT2D eigenvalue weighted by atomic mass is 16.1. The van der Waals surface area contributed by atoms with Gasteiger partial charge in [0, 0.05) is 30.5 Å². The number of nitrogens with two attached hydrogens (primary N) is 1. The normalized spacial score (nSPS) is 15.4. The highest BCUT2D eigenvalue weighted by Crippen LogP contribution is 2.31. The van der Waals surface area contributed by atoms with Gasteiger partial charge in [-0.25, -0.2) is 0 Å². The molecule has 0 radical (unpaired) electrons. The molecule has 1 unspecified atom stereocenters. The summed E-state index contributed by atoms with van der Waals surface area (Å²) in [6, 6.07) is 10.1. The average Bonchev–Trinajstić information content (AvgIpc) is 3.38. The van der Waals surface area contributed by atoms with Crippen LogP contribution in [0.2, 0.25) is 0 Å². The van der Waals surface area contributed by atoms with Gasteiger partial charge in [-0.1, -0.05) is 29.8 Å². The number of carbonyl (C=O) groups is 1. The number of amides is 1. The van der Waals surface area contributed by atoms with E-state index in [-0.39, 0.29) is 11.9 Å². The zero-order valence-electron chi connectivity index (χ0n) is 12.8. The first kappa shape index (κ1) is 14.7. The molecule has 4 heteroatoms. The van der Waals surface area contributed by atoms with E-state index in [1.807, 2.05) is 18.2 Å². The summed E-state index contributed by atoms with van der Waals surface area (Å²) in [7, 11) is 0. The lowest BCUT2D eigenvalue weighted by Gasteiger charge is -2.12. The molecule has 1 atom stereocenters. The summed E-state index contributed by atoms with van der Waals surface area (Å²) in [5.74, 6) is 0.467. The summed E-state index contributed by atoms with van der Waals surface area (Å²) in [6.45, 7) is 2.58. The van der Waals surface area contributed by atoms with Gasteiger partial charge in [-0.15, -0.1) is 0 Å². The minimum atomic E-state index is -0.113. The molecule has 0 bridgehead atoms. The Bertz CT molecular complexity index is 662. The molecule has 1 heterocycles. The molecule has 0 saturated heterocycles. The third-order valence-corrected chi connectivity index (χ3v) is 4.11. The third-order valence-electron chi connectivity index (χ3n) is 4.11. The maximum atomic E-state index is 12.2. The van der Waals surface area contributed by atoms with Crippen LogP contribution in [-0.2, 0) is 0 Å². The Kier molecular flexibility index (Phi) is 4.20. The number of benzene rings is 1. The topological polar surface area (TPSA) is 68.0 Å². The number of aryl methyl sites for hydroxylation is 1. The number of hydrogen-bond donors (Lipinski definition) is 2. The van der Waals surface area contributed by atoms with Gasteiger partial charge < -0.3 is 11.1 Å². The van der Waals surface area contributed by atoms with Gasteiger partial charge in [-0.3, -0.25) is 9.78 Å². The lowest BCUT2D eigenvalue weighted by molar-refractivity contribution is 0.0950. The van der Waals surface area contributed by atoms with Crippen molar-refractivity contribution in [3.05, 3.63) is 53.9 Å². The zero-order valence-corrected chi connectivity index (χ0v) is 12.8. The van der Waals surface area contributed by atoms with E-state index in [1.165, 1.54) is 18.4 Å². The molecule has 0 spiro atoms. The van der Waals surface area contributed by atoms with E-state index in [1.54, 1.807) is 12.4 Å². The molecule has 1 aliphatic rings. The molecule has 3 rings (SSSR count). The van der Waals surface area contributed by atoms with Crippen LogP contribution < -0.4 is 11.1 Å². The number of nitrogens with zero attached hydrogens (tertiary/aromatic N) is 1. The second kappa shape index (κ2) is 6.28. The highest BCUT2D eigenvalue weighted by molar-refractivity contribution is 5.95. The van der Waals surface area contributed by atoms with Gasteiger partial charge in [0.15, 0.2) is 0 Å². The standard InChI is InChI=1S/C18H21N3O/c1-12-2-4-13(5-3-12)15-8-16(10-20-9-15)18(22)21-11-17(19)14-6-7-14/h2-5,8-10,14,17H,6-7,11,19H2,1H3,(H,21,22). The van der Waals surface area contributed by atoms with Crippen molar-refractivity contribution >= 4 is 5.91 Å². The van der Waals surface area contributed by atoms with Crippen LogP contribution in [0.1, 0.15) is 28.8 Å². The van der Waals surface area contributed by atoms with Gasteiger partial charge in [-0.05, 0) is 37.3 Å². The molecule has 3 N–H and O–H groups in total. The number of nitrogens with one attached hydrogen (secondary N) is 1. The van der Waals surface area contributed by atoms with Crippen molar-refractivity contribution in [1.29, 1.82) is 0 Å². The van der Waals surface area contributed by atoms with Crippen LogP contribution in [0, 0.1) is 12.8 Å². The largest absolute Gasteiger partial charge is 0.350 e. The van der Waals surface area contributed by atoms with Crippen molar-refractivity contribution in [1.82, 2.24) is 10.3 Å². The van der Waals surface area contributed by atoms with E-state index in [4.69, 9.17) is 5.73 Å². The van der Waals surface area contributed by atoms with Crippen molar-refractivity contribution in [3.8, 4) is 11.1 Å². The van der Waals surface area contributed by atoms with Gasteiger partial charge in [0.2, 0.25) is 0 Å². The van der Waals surface area contributed by atoms with E-state index in [0.29, 0.717) is 18.0 Å². The maximum Gasteiger partial charge on any atom is 0.252 e. The van der Waals surface area contributed by atoms with Crippen molar-refractivity contribution in [2.45, 2.75) is 25.8 Å². The molecular weight excluding hydrogens is 274 g/mol. The summed E-state index contributed by atoms with van der Waals surface area (Å²) in [6.07, 6.45) is 5.73. The van der Waals surface area contributed by atoms with Gasteiger partial charge in [0.05, 0.1) is 5.56 Å². The molecule has 1 aliphatic carbocycles. The molecule has 1 aromatic heterocycles. The fourth-order valence-electron chi connectivity index (χ4n) is 2.47. The monoisotopic (exact) mass is 295 g/mol. The molecule has 0 aliphatic heterocycles. The van der Waals surface area contributed by atoms with Gasteiger partial charge in [-0.2, -0.15) is 0 Å². The summed E-state index contributed by atoms with van der Waals surface area (Å²) in [5, 5.41) is 2.90. The zero-order chi connectivity index (χ0) is 15.5. The Balaban J connectivity index is 1.69. The van der Waals surface area contributed by atoms with Crippen LogP contribution in [0.5, 0.6) is 0 Å². The Morgan fingerprint density at radius 3 is 2.68 bits per heavy atom. The smallest absolute Gasteiger partial charge is 0.252 e. The van der Waals surface area contributed by atoms with Crippen LogP contribution in [0.4, 0.5) is 0 Å². The van der Waals surface area contributed by atoms with Gasteiger partial charge in [0.1, 0.15) is 0 Å². The fraction of sp³-hybridized carbons (Fsp3) is 0.333. The predicted octanol–water partition coefficient (Wildman–Crippen LogP) is 2.52. The first-order valence-corrected chi connectivity index (χ1v) is 7.69. The number of carbonyl (C=O) groups excluding carboxylic acids is 1. The number of rotatable bonds is 5. The summed E-state index contributed by atoms with van der Waals surface area (Å²) >= 11 is 0. The van der Waals surface area contributed by atoms with E-state index in [0.717, 1.165) is 11.1 Å². The van der Waals surface area contributed by atoms with Crippen LogP contribution in [0.15, 0.2) is 42.7 Å². The summed E-state index contributed by atoms with van der Waals surface area (Å²) in [5.41, 5.74) is 9.79. The average molecular weight is 295 g/mol. The van der Waals surface area contributed by atoms with Crippen molar-refractivity contribution in [2.24, 2.45) is 11.7 Å². The van der Waals surface area contributed by atoms with E-state index in [2.05, 4.69) is 29.4 Å². The number of aromatic nitrogens is 1. The molecule has 1 aromatic carbocycles. The predicted molar refractivity (Wildman–Crippen MR) is 87.4 cm³/mol. The molecule has 114 valence electrons. The molecule has 2 aromatic rings. The number of hydrogen-bond acceptors (Lipinski definition) is 3. The highest BCUT2D eigenvalue weighted by Gasteiger charge is 2.28. The van der Waals surface area contributed by atoms with Crippen LogP contribution in [0.3, 0.4) is 0 Å². The van der Waals surface area contributed by atoms with Gasteiger partial charge in [0.25, 0.3) is 5.91 Å². The first-order valence-electron chi connectivity index (χ1n) is 7.69. The number of pyridine rings is 1. The van der Waals surface area contributed by atoms with Crippen molar-refractivity contribution < 1.29 is 4.79 Å². The Hall–Kier alpha value is -2.20. The quantitative estimate of drug-likeness (QED) is 0.890. The van der Waals surface area contributed by atoms with E-state index >= 15 is 0 Å². The van der Waals surface area contributed by atoms with Crippen LogP contribution in [0.25, 0.3) is 11.1 Å². The SMILES string of the molecule is Cc1ccc(-c2cncc(C(=O)NCC(N)C3CC3)c2)cc1. The van der Waals surface area contributed by atoms with Crippen molar-refractivity contribution in [3.63, 3.8) is 0 Å². The molecule has 4 nitrogen and oxygen atoms in total. The van der Waals surface area contributed by atoms with Crippen LogP contribution >= 0.6 is 0 Å². The first-order chi connectivity index (χ1) is 10.6. The van der Waals surface area contributed by atoms with E-state index in [9.17, 15) is 4.79 Å². The molecule has 1 amide bonds. The third kappa shape index (κ3) is 3.52. The Labute approximate surface area is 130 Å².